The lowest BCUT2D eigenvalue weighted by Crippen LogP contribution is -2.23. The molecule has 0 saturated carbocycles. The lowest BCUT2D eigenvalue weighted by Gasteiger charge is -2.09. The molecule has 2 amide bonds. The molecule has 3 aromatic rings. The third-order valence-corrected chi connectivity index (χ3v) is 5.45. The third-order valence-electron chi connectivity index (χ3n) is 5.45. The Balaban J connectivity index is 1.24. The summed E-state index contributed by atoms with van der Waals surface area (Å²) in [5.41, 5.74) is 7.72. The van der Waals surface area contributed by atoms with Gasteiger partial charge < -0.3 is 18.9 Å². The highest BCUT2D eigenvalue weighted by Gasteiger charge is 2.18. The minimum atomic E-state index is -0.505. The van der Waals surface area contributed by atoms with Gasteiger partial charge in [-0.05, 0) is 67.4 Å². The molecule has 0 saturated heterocycles. The molecule has 0 radical (unpaired) electrons. The number of aryl methyl sites for hydroxylation is 2. The molecule has 0 spiro atoms. The molecule has 0 atom stereocenters. The SMILES string of the molecule is Cc1nc(C)c(C(=O)NN=Cc2ccc3c(c2)OCO3)cc1C(=O)NN=Cc1ccc2c(c1)OCO2. The molecule has 36 heavy (non-hydrogen) atoms. The minimum absolute atomic E-state index is 0.173. The van der Waals surface area contributed by atoms with Crippen molar-refractivity contribution in [1.82, 2.24) is 15.8 Å². The topological polar surface area (TPSA) is 133 Å². The van der Waals surface area contributed by atoms with Crippen LogP contribution in [0.5, 0.6) is 23.0 Å². The number of amides is 2. The van der Waals surface area contributed by atoms with Crippen LogP contribution in [0.3, 0.4) is 0 Å². The number of nitrogens with one attached hydrogen (secondary N) is 2. The molecule has 11 heteroatoms. The molecule has 11 nitrogen and oxygen atoms in total. The number of fused-ring (bicyclic) bond motifs is 2. The molecule has 2 aromatic carbocycles. The summed E-state index contributed by atoms with van der Waals surface area (Å²) in [7, 11) is 0. The van der Waals surface area contributed by atoms with E-state index >= 15 is 0 Å². The number of benzene rings is 2. The molecular formula is C25H21N5O6. The zero-order valence-corrected chi connectivity index (χ0v) is 19.4. The predicted octanol–water partition coefficient (Wildman–Crippen LogP) is 2.68. The minimum Gasteiger partial charge on any atom is -0.454 e. The van der Waals surface area contributed by atoms with Gasteiger partial charge in [0, 0.05) is 0 Å². The van der Waals surface area contributed by atoms with Gasteiger partial charge in [0.15, 0.2) is 23.0 Å². The van der Waals surface area contributed by atoms with E-state index in [9.17, 15) is 9.59 Å². The van der Waals surface area contributed by atoms with Crippen molar-refractivity contribution in [2.24, 2.45) is 10.2 Å². The second-order valence-corrected chi connectivity index (χ2v) is 7.88. The Labute approximate surface area is 205 Å². The Bertz CT molecular complexity index is 1320. The Morgan fingerprint density at radius 3 is 1.64 bits per heavy atom. The van der Waals surface area contributed by atoms with Crippen LogP contribution >= 0.6 is 0 Å². The van der Waals surface area contributed by atoms with E-state index in [1.54, 1.807) is 50.2 Å². The molecule has 0 bridgehead atoms. The van der Waals surface area contributed by atoms with Crippen molar-refractivity contribution >= 4 is 24.2 Å². The molecule has 5 rings (SSSR count). The smallest absolute Gasteiger partial charge is 0.273 e. The number of pyridine rings is 1. The van der Waals surface area contributed by atoms with Crippen LogP contribution in [0.25, 0.3) is 0 Å². The maximum atomic E-state index is 12.7. The van der Waals surface area contributed by atoms with Crippen LogP contribution in [0.1, 0.15) is 43.2 Å². The first kappa shape index (κ1) is 22.8. The number of carbonyl (C=O) groups is 2. The van der Waals surface area contributed by atoms with Gasteiger partial charge in [-0.3, -0.25) is 14.6 Å². The second-order valence-electron chi connectivity index (χ2n) is 7.88. The molecular weight excluding hydrogens is 466 g/mol. The maximum Gasteiger partial charge on any atom is 0.273 e. The highest BCUT2D eigenvalue weighted by Crippen LogP contribution is 2.32. The lowest BCUT2D eigenvalue weighted by atomic mass is 10.1. The highest BCUT2D eigenvalue weighted by molar-refractivity contribution is 6.01. The second kappa shape index (κ2) is 9.74. The fraction of sp³-hybridized carbons (Fsp3) is 0.160. The first-order chi connectivity index (χ1) is 17.5. The molecule has 2 N–H and O–H groups in total. The van der Waals surface area contributed by atoms with Gasteiger partial charge in [-0.15, -0.1) is 0 Å². The summed E-state index contributed by atoms with van der Waals surface area (Å²) >= 11 is 0. The van der Waals surface area contributed by atoms with E-state index < -0.39 is 11.8 Å². The van der Waals surface area contributed by atoms with E-state index in [-0.39, 0.29) is 24.7 Å². The Morgan fingerprint density at radius 1 is 0.722 bits per heavy atom. The van der Waals surface area contributed by atoms with Gasteiger partial charge in [-0.2, -0.15) is 10.2 Å². The van der Waals surface area contributed by atoms with Crippen molar-refractivity contribution in [1.29, 1.82) is 0 Å². The maximum absolute atomic E-state index is 12.7. The quantitative estimate of drug-likeness (QED) is 0.403. The standard InChI is InChI=1S/C25H21N5O6/c1-14-18(24(31)29-26-10-16-3-5-20-22(7-16)35-12-33-20)9-19(15(2)28-14)25(32)30-27-11-17-4-6-21-23(8-17)36-13-34-21/h3-11H,12-13H2,1-2H3,(H,29,31)(H,30,32). The van der Waals surface area contributed by atoms with Crippen LogP contribution < -0.4 is 29.8 Å². The van der Waals surface area contributed by atoms with Crippen molar-refractivity contribution in [3.8, 4) is 23.0 Å². The van der Waals surface area contributed by atoms with E-state index in [1.807, 2.05) is 0 Å². The van der Waals surface area contributed by atoms with Crippen LogP contribution in [-0.2, 0) is 0 Å². The van der Waals surface area contributed by atoms with E-state index in [0.717, 1.165) is 11.1 Å². The Morgan fingerprint density at radius 2 is 1.17 bits per heavy atom. The zero-order chi connectivity index (χ0) is 25.1. The molecule has 0 fully saturated rings. The molecule has 2 aliphatic heterocycles. The number of ether oxygens (including phenoxy) is 4. The molecule has 1 aromatic heterocycles. The fourth-order valence-corrected chi connectivity index (χ4v) is 3.62. The van der Waals surface area contributed by atoms with Gasteiger partial charge in [0.05, 0.1) is 34.9 Å². The number of aromatic nitrogens is 1. The number of rotatable bonds is 6. The van der Waals surface area contributed by atoms with Gasteiger partial charge in [0.25, 0.3) is 11.8 Å². The number of hydrogen-bond acceptors (Lipinski definition) is 9. The van der Waals surface area contributed by atoms with Crippen LogP contribution in [0.2, 0.25) is 0 Å². The largest absolute Gasteiger partial charge is 0.454 e. The average Bonchev–Trinajstić information content (AvgIpc) is 3.52. The summed E-state index contributed by atoms with van der Waals surface area (Å²) in [6.45, 7) is 3.71. The lowest BCUT2D eigenvalue weighted by molar-refractivity contribution is 0.0954. The van der Waals surface area contributed by atoms with Gasteiger partial charge in [0.1, 0.15) is 0 Å². The Kier molecular flexibility index (Phi) is 6.18. The number of carbonyl (C=O) groups excluding carboxylic acids is 2. The van der Waals surface area contributed by atoms with Crippen molar-refractivity contribution < 1.29 is 28.5 Å². The molecule has 0 unspecified atom stereocenters. The molecule has 0 aliphatic carbocycles. The van der Waals surface area contributed by atoms with Crippen LogP contribution in [-0.4, -0.2) is 42.8 Å². The normalized spacial score (nSPS) is 13.4. The summed E-state index contributed by atoms with van der Waals surface area (Å²) in [6.07, 6.45) is 2.96. The van der Waals surface area contributed by atoms with E-state index in [4.69, 9.17) is 18.9 Å². The third kappa shape index (κ3) is 4.80. The number of hydrazone groups is 2. The van der Waals surface area contributed by atoms with Crippen LogP contribution in [0.15, 0.2) is 52.7 Å². The summed E-state index contributed by atoms with van der Waals surface area (Å²) in [5, 5.41) is 7.99. The van der Waals surface area contributed by atoms with Crippen molar-refractivity contribution in [2.45, 2.75) is 13.8 Å². The molecule has 3 heterocycles. The monoisotopic (exact) mass is 487 g/mol. The van der Waals surface area contributed by atoms with Gasteiger partial charge in [-0.1, -0.05) is 0 Å². The summed E-state index contributed by atoms with van der Waals surface area (Å²) < 4.78 is 21.2. The number of hydrogen-bond donors (Lipinski definition) is 2. The predicted molar refractivity (Wildman–Crippen MR) is 129 cm³/mol. The first-order valence-electron chi connectivity index (χ1n) is 10.9. The highest BCUT2D eigenvalue weighted by atomic mass is 16.7. The van der Waals surface area contributed by atoms with Crippen LogP contribution in [0.4, 0.5) is 0 Å². The summed E-state index contributed by atoms with van der Waals surface area (Å²) in [4.78, 5) is 29.8. The van der Waals surface area contributed by atoms with Gasteiger partial charge in [-0.25, -0.2) is 10.9 Å². The van der Waals surface area contributed by atoms with Gasteiger partial charge in [0.2, 0.25) is 13.6 Å². The Hall–Kier alpha value is -4.93. The first-order valence-corrected chi connectivity index (χ1v) is 10.9. The van der Waals surface area contributed by atoms with Crippen molar-refractivity contribution in [2.75, 3.05) is 13.6 Å². The van der Waals surface area contributed by atoms with E-state index in [1.165, 1.54) is 18.5 Å². The summed E-state index contributed by atoms with van der Waals surface area (Å²) in [5.74, 6) is 1.53. The average molecular weight is 487 g/mol. The molecule has 2 aliphatic rings. The summed E-state index contributed by atoms with van der Waals surface area (Å²) in [6, 6.07) is 12.1. The van der Waals surface area contributed by atoms with Crippen molar-refractivity contribution in [3.05, 3.63) is 76.1 Å². The molecule has 182 valence electrons. The zero-order valence-electron chi connectivity index (χ0n) is 19.4. The van der Waals surface area contributed by atoms with Crippen molar-refractivity contribution in [3.63, 3.8) is 0 Å². The number of nitrogens with zero attached hydrogens (tertiary/aromatic N) is 3. The van der Waals surface area contributed by atoms with Crippen LogP contribution in [0, 0.1) is 13.8 Å². The van der Waals surface area contributed by atoms with E-state index in [0.29, 0.717) is 34.4 Å². The van der Waals surface area contributed by atoms with E-state index in [2.05, 4.69) is 26.0 Å². The fourth-order valence-electron chi connectivity index (χ4n) is 3.62. The van der Waals surface area contributed by atoms with Gasteiger partial charge >= 0.3 is 0 Å².